The topological polar surface area (TPSA) is 42.3 Å². The normalized spacial score (nSPS) is 15.5. The van der Waals surface area contributed by atoms with Crippen LogP contribution in [0.15, 0.2) is 60.7 Å². The molecule has 0 atom stereocenters. The van der Waals surface area contributed by atoms with Gasteiger partial charge in [-0.05, 0) is 29.5 Å². The molecule has 4 rings (SSSR count). The predicted molar refractivity (Wildman–Crippen MR) is 96.3 cm³/mol. The van der Waals surface area contributed by atoms with Gasteiger partial charge in [0.2, 0.25) is 10.0 Å². The highest BCUT2D eigenvalue weighted by molar-refractivity contribution is 7.89. The lowest BCUT2D eigenvalue weighted by molar-refractivity contribution is 0.345. The van der Waals surface area contributed by atoms with Crippen LogP contribution in [-0.2, 0) is 29.5 Å². The van der Waals surface area contributed by atoms with Crippen LogP contribution in [0.2, 0.25) is 0 Å². The van der Waals surface area contributed by atoms with E-state index in [0.717, 1.165) is 11.3 Å². The fourth-order valence-electron chi connectivity index (χ4n) is 3.39. The highest BCUT2D eigenvalue weighted by Gasteiger charge is 2.27. The van der Waals surface area contributed by atoms with Crippen LogP contribution in [0.5, 0.6) is 0 Å². The molecule has 1 aliphatic heterocycles. The summed E-state index contributed by atoms with van der Waals surface area (Å²) in [5.41, 5.74) is 3.33. The second-order valence-electron chi connectivity index (χ2n) is 6.23. The Hall–Kier alpha value is -2.11. The van der Waals surface area contributed by atoms with E-state index in [2.05, 4.69) is 22.8 Å². The number of para-hydroxylation sites is 1. The van der Waals surface area contributed by atoms with Crippen LogP contribution in [0, 0.1) is 0 Å². The number of aromatic nitrogens is 1. The molecule has 0 N–H and O–H groups in total. The Kier molecular flexibility index (Phi) is 3.90. The summed E-state index contributed by atoms with van der Waals surface area (Å²) in [5.74, 6) is 0.164. The molecule has 1 aliphatic rings. The molecule has 24 heavy (non-hydrogen) atoms. The first kappa shape index (κ1) is 15.4. The lowest BCUT2D eigenvalue weighted by atomic mass is 10.2. The average Bonchev–Trinajstić information content (AvgIpc) is 2.99. The maximum absolute atomic E-state index is 12.7. The van der Waals surface area contributed by atoms with Gasteiger partial charge in [-0.25, -0.2) is 8.42 Å². The molecule has 2 aromatic carbocycles. The fraction of sp³-hybridized carbons (Fsp3) is 0.263. The summed E-state index contributed by atoms with van der Waals surface area (Å²) in [6.07, 6.45) is 0.558. The minimum atomic E-state index is -3.24. The number of rotatable bonds is 4. The Balaban J connectivity index is 1.53. The molecule has 2 heterocycles. The summed E-state index contributed by atoms with van der Waals surface area (Å²) in [4.78, 5) is 0. The van der Waals surface area contributed by atoms with E-state index in [9.17, 15) is 8.42 Å². The molecule has 0 saturated carbocycles. The van der Waals surface area contributed by atoms with Crippen LogP contribution in [0.1, 0.15) is 11.3 Å². The van der Waals surface area contributed by atoms with Crippen molar-refractivity contribution in [3.05, 3.63) is 71.9 Å². The van der Waals surface area contributed by atoms with Crippen LogP contribution in [0.25, 0.3) is 10.9 Å². The summed E-state index contributed by atoms with van der Waals surface area (Å²) in [5, 5.41) is 1.18. The van der Waals surface area contributed by atoms with Gasteiger partial charge in [0.15, 0.2) is 0 Å². The number of aryl methyl sites for hydroxylation is 1. The van der Waals surface area contributed by atoms with Gasteiger partial charge in [-0.3, -0.25) is 0 Å². The molecule has 4 nitrogen and oxygen atoms in total. The molecule has 0 saturated heterocycles. The summed E-state index contributed by atoms with van der Waals surface area (Å²) in [7, 11) is -3.24. The standard InChI is InChI=1S/C19H20N2O2S/c22-24(23,13-10-16-6-2-1-3-7-16)20-11-12-21-18(15-20)14-17-8-4-5-9-19(17)21/h1-9,14H,10-13,15H2. The van der Waals surface area contributed by atoms with E-state index >= 15 is 0 Å². The Morgan fingerprint density at radius 1 is 0.917 bits per heavy atom. The molecule has 0 amide bonds. The Morgan fingerprint density at radius 2 is 1.67 bits per heavy atom. The van der Waals surface area contributed by atoms with Crippen molar-refractivity contribution >= 4 is 20.9 Å². The zero-order valence-electron chi connectivity index (χ0n) is 13.4. The largest absolute Gasteiger partial charge is 0.342 e. The molecular weight excluding hydrogens is 320 g/mol. The number of sulfonamides is 1. The maximum Gasteiger partial charge on any atom is 0.214 e. The SMILES string of the molecule is O=S(=O)(CCc1ccccc1)N1CCn2c(cc3ccccc32)C1. The second-order valence-corrected chi connectivity index (χ2v) is 8.32. The Morgan fingerprint density at radius 3 is 2.50 bits per heavy atom. The van der Waals surface area contributed by atoms with E-state index in [1.54, 1.807) is 4.31 Å². The van der Waals surface area contributed by atoms with Gasteiger partial charge in [-0.15, -0.1) is 0 Å². The van der Waals surface area contributed by atoms with Crippen molar-refractivity contribution in [2.45, 2.75) is 19.5 Å². The van der Waals surface area contributed by atoms with Crippen LogP contribution < -0.4 is 0 Å². The summed E-state index contributed by atoms with van der Waals surface area (Å²) >= 11 is 0. The van der Waals surface area contributed by atoms with Crippen molar-refractivity contribution in [1.82, 2.24) is 8.87 Å². The first-order chi connectivity index (χ1) is 11.6. The van der Waals surface area contributed by atoms with Crippen LogP contribution in [0.3, 0.4) is 0 Å². The lowest BCUT2D eigenvalue weighted by Crippen LogP contribution is -2.39. The van der Waals surface area contributed by atoms with Crippen molar-refractivity contribution in [1.29, 1.82) is 0 Å². The molecule has 0 radical (unpaired) electrons. The Labute approximate surface area is 142 Å². The van der Waals surface area contributed by atoms with Crippen LogP contribution in [-0.4, -0.2) is 29.6 Å². The lowest BCUT2D eigenvalue weighted by Gasteiger charge is -2.28. The van der Waals surface area contributed by atoms with E-state index in [0.29, 0.717) is 26.1 Å². The van der Waals surface area contributed by atoms with Gasteiger partial charge >= 0.3 is 0 Å². The van der Waals surface area contributed by atoms with Crippen molar-refractivity contribution in [3.8, 4) is 0 Å². The molecule has 124 valence electrons. The number of hydrogen-bond donors (Lipinski definition) is 0. The van der Waals surface area contributed by atoms with E-state index < -0.39 is 10.0 Å². The van der Waals surface area contributed by atoms with Gasteiger partial charge in [-0.1, -0.05) is 48.5 Å². The number of fused-ring (bicyclic) bond motifs is 3. The van der Waals surface area contributed by atoms with E-state index in [4.69, 9.17) is 0 Å². The van der Waals surface area contributed by atoms with Gasteiger partial charge in [0.25, 0.3) is 0 Å². The first-order valence-corrected chi connectivity index (χ1v) is 9.83. The molecule has 0 aliphatic carbocycles. The van der Waals surface area contributed by atoms with Gasteiger partial charge in [0.05, 0.1) is 12.3 Å². The van der Waals surface area contributed by atoms with Crippen molar-refractivity contribution in [3.63, 3.8) is 0 Å². The maximum atomic E-state index is 12.7. The first-order valence-electron chi connectivity index (χ1n) is 8.22. The molecule has 0 fully saturated rings. The fourth-order valence-corrected chi connectivity index (χ4v) is 4.83. The highest BCUT2D eigenvalue weighted by atomic mass is 32.2. The minimum Gasteiger partial charge on any atom is -0.342 e. The second kappa shape index (κ2) is 6.07. The molecule has 0 bridgehead atoms. The smallest absolute Gasteiger partial charge is 0.214 e. The van der Waals surface area contributed by atoms with Crippen molar-refractivity contribution in [2.24, 2.45) is 0 Å². The van der Waals surface area contributed by atoms with Crippen molar-refractivity contribution in [2.75, 3.05) is 12.3 Å². The summed E-state index contributed by atoms with van der Waals surface area (Å²) in [6, 6.07) is 20.1. The third kappa shape index (κ3) is 2.85. The Bertz CT molecular complexity index is 961. The van der Waals surface area contributed by atoms with E-state index in [1.807, 2.05) is 42.5 Å². The van der Waals surface area contributed by atoms with Gasteiger partial charge in [0, 0.05) is 24.3 Å². The summed E-state index contributed by atoms with van der Waals surface area (Å²) < 4.78 is 29.3. The molecule has 1 aromatic heterocycles. The van der Waals surface area contributed by atoms with E-state index in [-0.39, 0.29) is 5.75 Å². The molecule has 3 aromatic rings. The molecule has 0 unspecified atom stereocenters. The monoisotopic (exact) mass is 340 g/mol. The molecule has 0 spiro atoms. The molecular formula is C19H20N2O2S. The van der Waals surface area contributed by atoms with Crippen molar-refractivity contribution < 1.29 is 8.42 Å². The van der Waals surface area contributed by atoms with E-state index in [1.165, 1.54) is 10.9 Å². The zero-order valence-corrected chi connectivity index (χ0v) is 14.2. The highest BCUT2D eigenvalue weighted by Crippen LogP contribution is 2.25. The van der Waals surface area contributed by atoms with Gasteiger partial charge in [-0.2, -0.15) is 4.31 Å². The minimum absolute atomic E-state index is 0.164. The average molecular weight is 340 g/mol. The summed E-state index contributed by atoms with van der Waals surface area (Å²) in [6.45, 7) is 1.72. The van der Waals surface area contributed by atoms with Gasteiger partial charge < -0.3 is 4.57 Å². The third-order valence-electron chi connectivity index (χ3n) is 4.69. The third-order valence-corrected chi connectivity index (χ3v) is 6.51. The number of benzene rings is 2. The molecule has 5 heteroatoms. The van der Waals surface area contributed by atoms with Gasteiger partial charge in [0.1, 0.15) is 0 Å². The quantitative estimate of drug-likeness (QED) is 0.733. The number of nitrogens with zero attached hydrogens (tertiary/aromatic N) is 2. The zero-order chi connectivity index (χ0) is 16.6. The number of hydrogen-bond acceptors (Lipinski definition) is 2. The van der Waals surface area contributed by atoms with Crippen LogP contribution >= 0.6 is 0 Å². The van der Waals surface area contributed by atoms with Crippen LogP contribution in [0.4, 0.5) is 0 Å². The predicted octanol–water partition coefficient (Wildman–Crippen LogP) is 3.03.